The number of allylic oxidation sites excluding steroid dienone is 5. The molecule has 0 heterocycles. The highest BCUT2D eigenvalue weighted by molar-refractivity contribution is 5.48. The number of aryl methyl sites for hydroxylation is 1. The van der Waals surface area contributed by atoms with E-state index in [4.69, 9.17) is 0 Å². The summed E-state index contributed by atoms with van der Waals surface area (Å²) in [5.41, 5.74) is 8.43. The van der Waals surface area contributed by atoms with E-state index in [-0.39, 0.29) is 0 Å². The molecular weight excluding hydrogens is 408 g/mol. The van der Waals surface area contributed by atoms with Crippen molar-refractivity contribution < 1.29 is 0 Å². The first-order valence-electron chi connectivity index (χ1n) is 12.7. The molecule has 1 fully saturated rings. The lowest BCUT2D eigenvalue weighted by atomic mass is 9.81. The maximum atomic E-state index is 3.90. The first kappa shape index (κ1) is 27.0. The van der Waals surface area contributed by atoms with Crippen molar-refractivity contribution in [1.29, 1.82) is 0 Å². The van der Waals surface area contributed by atoms with Gasteiger partial charge in [-0.3, -0.25) is 0 Å². The van der Waals surface area contributed by atoms with Gasteiger partial charge in [-0.15, -0.1) is 0 Å². The van der Waals surface area contributed by atoms with Crippen molar-refractivity contribution in [3.8, 4) is 23.7 Å². The molecule has 3 rings (SSSR count). The summed E-state index contributed by atoms with van der Waals surface area (Å²) in [6.07, 6.45) is 13.3. The summed E-state index contributed by atoms with van der Waals surface area (Å²) in [4.78, 5) is 0. The molecule has 0 unspecified atom stereocenters. The molecule has 176 valence electrons. The van der Waals surface area contributed by atoms with E-state index in [0.717, 1.165) is 23.1 Å². The summed E-state index contributed by atoms with van der Waals surface area (Å²) in [5.74, 6) is 14.0. The lowest BCUT2D eigenvalue weighted by molar-refractivity contribution is 0.442. The van der Waals surface area contributed by atoms with Crippen LogP contribution < -0.4 is 0 Å². The van der Waals surface area contributed by atoms with Crippen molar-refractivity contribution in [2.24, 2.45) is 0 Å². The smallest absolute Gasteiger partial charge is 0.0346 e. The number of hydrogen-bond acceptors (Lipinski definition) is 0. The van der Waals surface area contributed by atoms with Crippen LogP contribution >= 0.6 is 0 Å². The maximum absolute atomic E-state index is 3.90. The zero-order valence-electron chi connectivity index (χ0n) is 21.8. The van der Waals surface area contributed by atoms with Crippen molar-refractivity contribution in [2.75, 3.05) is 0 Å². The van der Waals surface area contributed by atoms with Gasteiger partial charge < -0.3 is 0 Å². The second-order valence-corrected chi connectivity index (χ2v) is 8.91. The number of hydrogen-bond donors (Lipinski definition) is 0. The van der Waals surface area contributed by atoms with Gasteiger partial charge in [0.25, 0.3) is 0 Å². The van der Waals surface area contributed by atoms with E-state index in [9.17, 15) is 0 Å². The van der Waals surface area contributed by atoms with E-state index < -0.39 is 0 Å². The summed E-state index contributed by atoms with van der Waals surface area (Å²) in [6, 6.07) is 15.1. The predicted molar refractivity (Wildman–Crippen MR) is 150 cm³/mol. The van der Waals surface area contributed by atoms with Crippen molar-refractivity contribution in [2.45, 2.75) is 79.1 Å². The topological polar surface area (TPSA) is 0 Å². The van der Waals surface area contributed by atoms with E-state index in [1.54, 1.807) is 0 Å². The van der Waals surface area contributed by atoms with E-state index in [1.807, 2.05) is 26.0 Å². The standard InChI is InChI=1S/C32H34.C2H6/c1-5-27(17-14-25(2)3)10-9-13-31-23-22-29(21-20-28-18-15-26(4)16-19-28)24-32(31)30-11-7-6-8-12-30;1-2/h5,14-19,22-24,30H,1,6-8,11-13H2,2-4H3;1-2H3/b27-17+;. The molecule has 0 heteroatoms. The Balaban J connectivity index is 0.00000199. The van der Waals surface area contributed by atoms with E-state index >= 15 is 0 Å². The van der Waals surface area contributed by atoms with Crippen LogP contribution in [0.3, 0.4) is 0 Å². The summed E-state index contributed by atoms with van der Waals surface area (Å²) in [5, 5.41) is 0. The zero-order valence-corrected chi connectivity index (χ0v) is 21.8. The van der Waals surface area contributed by atoms with Crippen molar-refractivity contribution in [3.05, 3.63) is 106 Å². The lowest BCUT2D eigenvalue weighted by Gasteiger charge is -2.24. The van der Waals surface area contributed by atoms with Crippen molar-refractivity contribution >= 4 is 0 Å². The predicted octanol–water partition coefficient (Wildman–Crippen LogP) is 9.09. The summed E-state index contributed by atoms with van der Waals surface area (Å²) in [7, 11) is 0. The minimum Gasteiger partial charge on any atom is -0.0978 e. The highest BCUT2D eigenvalue weighted by Gasteiger charge is 2.18. The molecule has 0 aliphatic heterocycles. The second-order valence-electron chi connectivity index (χ2n) is 8.91. The molecule has 0 spiro atoms. The molecule has 1 aliphatic rings. The normalized spacial score (nSPS) is 13.3. The molecule has 0 radical (unpaired) electrons. The minimum absolute atomic E-state index is 0.627. The number of benzene rings is 2. The fraction of sp³-hybridized carbons (Fsp3) is 0.353. The van der Waals surface area contributed by atoms with Crippen LogP contribution in [-0.2, 0) is 6.42 Å². The Kier molecular flexibility index (Phi) is 11.8. The van der Waals surface area contributed by atoms with Crippen LogP contribution in [0.1, 0.15) is 93.5 Å². The Hall–Kier alpha value is -3.22. The van der Waals surface area contributed by atoms with Crippen molar-refractivity contribution in [1.82, 2.24) is 0 Å². The molecule has 1 saturated carbocycles. The van der Waals surface area contributed by atoms with Gasteiger partial charge >= 0.3 is 0 Å². The lowest BCUT2D eigenvalue weighted by Crippen LogP contribution is -2.07. The Bertz CT molecular complexity index is 1100. The van der Waals surface area contributed by atoms with Crippen LogP contribution in [0.4, 0.5) is 0 Å². The van der Waals surface area contributed by atoms with Gasteiger partial charge in [-0.2, -0.15) is 0 Å². The third-order valence-electron chi connectivity index (χ3n) is 5.92. The SMILES string of the molecule is C=C/C(C#CCc1ccc(C#Cc2ccc(C)cc2)cc1C1CCCCC1)=C\C=C(C)C.CC. The Morgan fingerprint density at radius 3 is 2.21 bits per heavy atom. The van der Waals surface area contributed by atoms with Gasteiger partial charge in [0, 0.05) is 23.1 Å². The summed E-state index contributed by atoms with van der Waals surface area (Å²) < 4.78 is 0. The highest BCUT2D eigenvalue weighted by Crippen LogP contribution is 2.35. The quantitative estimate of drug-likeness (QED) is 0.323. The molecule has 0 nitrogen and oxygen atoms in total. The average molecular weight is 449 g/mol. The Morgan fingerprint density at radius 1 is 0.912 bits per heavy atom. The molecule has 0 aromatic heterocycles. The molecule has 0 atom stereocenters. The van der Waals surface area contributed by atoms with Gasteiger partial charge in [-0.05, 0) is 81.0 Å². The molecule has 2 aromatic rings. The van der Waals surface area contributed by atoms with E-state index in [0.29, 0.717) is 5.92 Å². The molecule has 0 amide bonds. The Morgan fingerprint density at radius 2 is 1.56 bits per heavy atom. The van der Waals surface area contributed by atoms with Crippen molar-refractivity contribution in [3.63, 3.8) is 0 Å². The minimum atomic E-state index is 0.627. The van der Waals surface area contributed by atoms with Gasteiger partial charge in [0.05, 0.1) is 0 Å². The van der Waals surface area contributed by atoms with Crippen LogP contribution in [0.25, 0.3) is 0 Å². The molecule has 0 saturated heterocycles. The van der Waals surface area contributed by atoms with Gasteiger partial charge in [0.15, 0.2) is 0 Å². The van der Waals surface area contributed by atoms with E-state index in [2.05, 4.69) is 99.6 Å². The first-order valence-corrected chi connectivity index (χ1v) is 12.7. The third-order valence-corrected chi connectivity index (χ3v) is 5.92. The molecular formula is C34H40. The zero-order chi connectivity index (χ0) is 24.8. The fourth-order valence-corrected chi connectivity index (χ4v) is 4.07. The fourth-order valence-electron chi connectivity index (χ4n) is 4.07. The second kappa shape index (κ2) is 14.8. The van der Waals surface area contributed by atoms with Gasteiger partial charge in [-0.1, -0.05) is 105 Å². The average Bonchev–Trinajstić information content (AvgIpc) is 2.87. The van der Waals surface area contributed by atoms with Gasteiger partial charge in [0.2, 0.25) is 0 Å². The molecule has 34 heavy (non-hydrogen) atoms. The Labute approximate surface area is 208 Å². The summed E-state index contributed by atoms with van der Waals surface area (Å²) >= 11 is 0. The maximum Gasteiger partial charge on any atom is 0.0346 e. The molecule has 2 aromatic carbocycles. The van der Waals surface area contributed by atoms with Crippen LogP contribution in [0, 0.1) is 30.6 Å². The van der Waals surface area contributed by atoms with Crippen LogP contribution in [-0.4, -0.2) is 0 Å². The molecule has 1 aliphatic carbocycles. The monoisotopic (exact) mass is 448 g/mol. The number of rotatable bonds is 4. The van der Waals surface area contributed by atoms with Gasteiger partial charge in [0.1, 0.15) is 0 Å². The highest BCUT2D eigenvalue weighted by atomic mass is 14.2. The molecule has 0 bridgehead atoms. The van der Waals surface area contributed by atoms with Gasteiger partial charge in [-0.25, -0.2) is 0 Å². The molecule has 0 N–H and O–H groups in total. The summed E-state index contributed by atoms with van der Waals surface area (Å²) in [6.45, 7) is 14.2. The van der Waals surface area contributed by atoms with E-state index in [1.165, 1.54) is 54.4 Å². The van der Waals surface area contributed by atoms with Crippen LogP contribution in [0.2, 0.25) is 0 Å². The third kappa shape index (κ3) is 8.96. The van der Waals surface area contributed by atoms with Crippen LogP contribution in [0.15, 0.2) is 78.4 Å². The first-order chi connectivity index (χ1) is 16.5. The largest absolute Gasteiger partial charge is 0.0978 e. The van der Waals surface area contributed by atoms with Crippen LogP contribution in [0.5, 0.6) is 0 Å².